The molecule has 0 saturated carbocycles. The van der Waals surface area contributed by atoms with Crippen LogP contribution in [0.15, 0.2) is 24.3 Å². The molecule has 0 aromatic heterocycles. The summed E-state index contributed by atoms with van der Waals surface area (Å²) >= 11 is 0. The highest BCUT2D eigenvalue weighted by Crippen LogP contribution is 2.23. The summed E-state index contributed by atoms with van der Waals surface area (Å²) in [6.45, 7) is 8.99. The van der Waals surface area contributed by atoms with Gasteiger partial charge in [-0.1, -0.05) is 26.0 Å². The lowest BCUT2D eigenvalue weighted by Gasteiger charge is -2.32. The number of likely N-dealkylation sites (N-methyl/N-ethyl adjacent to an activating group) is 1. The van der Waals surface area contributed by atoms with E-state index in [2.05, 4.69) is 17.1 Å². The molecule has 21 heavy (non-hydrogen) atoms. The maximum atomic E-state index is 12.5. The number of hydrogen-bond acceptors (Lipinski definition) is 3. The summed E-state index contributed by atoms with van der Waals surface area (Å²) in [6, 6.07) is 7.72. The maximum absolute atomic E-state index is 12.5. The van der Waals surface area contributed by atoms with Gasteiger partial charge < -0.3 is 10.1 Å². The number of hydrogen-bond donors (Lipinski definition) is 1. The molecule has 1 aromatic carbocycles. The molecule has 118 valence electrons. The zero-order valence-corrected chi connectivity index (χ0v) is 14.1. The summed E-state index contributed by atoms with van der Waals surface area (Å²) in [4.78, 5) is 14.6. The summed E-state index contributed by atoms with van der Waals surface area (Å²) in [6.07, 6.45) is 0.800. The van der Waals surface area contributed by atoms with Crippen LogP contribution in [0.5, 0.6) is 5.75 Å². The molecule has 0 radical (unpaired) electrons. The molecule has 4 nitrogen and oxygen atoms in total. The Balaban J connectivity index is 2.84. The Hall–Kier alpha value is -1.55. The Morgan fingerprint density at radius 2 is 1.86 bits per heavy atom. The summed E-state index contributed by atoms with van der Waals surface area (Å²) in [5.74, 6) is 0.890. The fraction of sp³-hybridized carbons (Fsp3) is 0.588. The largest absolute Gasteiger partial charge is 0.497 e. The molecule has 1 rings (SSSR count). The van der Waals surface area contributed by atoms with E-state index in [9.17, 15) is 4.79 Å². The maximum Gasteiger partial charge on any atom is 0.238 e. The van der Waals surface area contributed by atoms with Crippen LogP contribution >= 0.6 is 0 Å². The van der Waals surface area contributed by atoms with Gasteiger partial charge >= 0.3 is 0 Å². The van der Waals surface area contributed by atoms with Gasteiger partial charge in [0.25, 0.3) is 0 Å². The zero-order chi connectivity index (χ0) is 16.0. The van der Waals surface area contributed by atoms with Gasteiger partial charge in [0.15, 0.2) is 0 Å². The Bertz CT molecular complexity index is 454. The summed E-state index contributed by atoms with van der Waals surface area (Å²) < 4.78 is 5.17. The van der Waals surface area contributed by atoms with Crippen LogP contribution in [0.25, 0.3) is 0 Å². The van der Waals surface area contributed by atoms with E-state index in [1.54, 1.807) is 7.11 Å². The first-order valence-electron chi connectivity index (χ1n) is 7.52. The molecule has 0 fully saturated rings. The second-order valence-corrected chi connectivity index (χ2v) is 5.84. The number of nitrogens with one attached hydrogen (secondary N) is 1. The van der Waals surface area contributed by atoms with Gasteiger partial charge in [0, 0.05) is 0 Å². The lowest BCUT2D eigenvalue weighted by molar-refractivity contribution is -0.127. The Labute approximate surface area is 128 Å². The van der Waals surface area contributed by atoms with Crippen molar-refractivity contribution in [3.8, 4) is 5.75 Å². The summed E-state index contributed by atoms with van der Waals surface area (Å²) in [7, 11) is 3.63. The van der Waals surface area contributed by atoms with Crippen molar-refractivity contribution in [2.75, 3.05) is 20.7 Å². The molecule has 1 atom stereocenters. The van der Waals surface area contributed by atoms with Crippen LogP contribution in [0.1, 0.15) is 39.7 Å². The van der Waals surface area contributed by atoms with E-state index in [1.165, 1.54) is 0 Å². The third-order valence-corrected chi connectivity index (χ3v) is 3.97. The van der Waals surface area contributed by atoms with Gasteiger partial charge in [-0.25, -0.2) is 0 Å². The number of ether oxygens (including phenoxy) is 1. The number of carbonyl (C=O) groups is 1. The van der Waals surface area contributed by atoms with Crippen LogP contribution in [-0.2, 0) is 10.3 Å². The number of benzene rings is 1. The van der Waals surface area contributed by atoms with Gasteiger partial charge in [0.05, 0.1) is 18.7 Å². The van der Waals surface area contributed by atoms with Gasteiger partial charge in [0.1, 0.15) is 5.75 Å². The lowest BCUT2D eigenvalue weighted by atomic mass is 9.93. The Morgan fingerprint density at radius 3 is 2.29 bits per heavy atom. The highest BCUT2D eigenvalue weighted by molar-refractivity contribution is 5.82. The van der Waals surface area contributed by atoms with Gasteiger partial charge in [-0.05, 0) is 51.6 Å². The Kier molecular flexibility index (Phi) is 6.21. The molecule has 0 bridgehead atoms. The minimum Gasteiger partial charge on any atom is -0.497 e. The predicted molar refractivity (Wildman–Crippen MR) is 86.5 cm³/mol. The highest BCUT2D eigenvalue weighted by Gasteiger charge is 2.28. The van der Waals surface area contributed by atoms with Crippen molar-refractivity contribution in [1.29, 1.82) is 0 Å². The lowest BCUT2D eigenvalue weighted by Crippen LogP contribution is -2.50. The van der Waals surface area contributed by atoms with E-state index in [1.807, 2.05) is 52.1 Å². The van der Waals surface area contributed by atoms with Crippen molar-refractivity contribution in [1.82, 2.24) is 10.2 Å². The first-order valence-corrected chi connectivity index (χ1v) is 7.52. The van der Waals surface area contributed by atoms with E-state index < -0.39 is 5.54 Å². The smallest absolute Gasteiger partial charge is 0.238 e. The van der Waals surface area contributed by atoms with Crippen LogP contribution < -0.4 is 10.1 Å². The van der Waals surface area contributed by atoms with Crippen molar-refractivity contribution in [2.45, 2.75) is 45.7 Å². The van der Waals surface area contributed by atoms with E-state index in [0.29, 0.717) is 0 Å². The van der Waals surface area contributed by atoms with E-state index in [0.717, 1.165) is 24.3 Å². The number of nitrogens with zero attached hydrogens (tertiary/aromatic N) is 1. The molecule has 1 amide bonds. The number of rotatable bonds is 7. The zero-order valence-electron chi connectivity index (χ0n) is 14.1. The van der Waals surface area contributed by atoms with Crippen LogP contribution in [0.2, 0.25) is 0 Å². The normalized spacial score (nSPS) is 13.1. The fourth-order valence-corrected chi connectivity index (χ4v) is 2.39. The molecular weight excluding hydrogens is 264 g/mol. The van der Waals surface area contributed by atoms with Gasteiger partial charge in [-0.15, -0.1) is 0 Å². The molecule has 1 aromatic rings. The molecule has 1 N–H and O–H groups in total. The third-order valence-electron chi connectivity index (χ3n) is 3.97. The standard InChI is InChI=1S/C17H28N2O2/c1-7-15(19(5)8-2)16(20)18-17(3,4)13-9-11-14(21-6)12-10-13/h9-12,15H,7-8H2,1-6H3,(H,18,20). The van der Waals surface area contributed by atoms with Crippen molar-refractivity contribution in [3.63, 3.8) is 0 Å². The van der Waals surface area contributed by atoms with Gasteiger partial charge in [-0.3, -0.25) is 9.69 Å². The highest BCUT2D eigenvalue weighted by atomic mass is 16.5. The molecule has 0 aliphatic heterocycles. The summed E-state index contributed by atoms with van der Waals surface area (Å²) in [5.41, 5.74) is 0.649. The SMILES string of the molecule is CCC(C(=O)NC(C)(C)c1ccc(OC)cc1)N(C)CC. The molecule has 4 heteroatoms. The molecule has 1 unspecified atom stereocenters. The minimum atomic E-state index is -0.411. The average Bonchev–Trinajstić information content (AvgIpc) is 2.47. The van der Waals surface area contributed by atoms with Crippen molar-refractivity contribution in [3.05, 3.63) is 29.8 Å². The van der Waals surface area contributed by atoms with E-state index in [4.69, 9.17) is 4.74 Å². The predicted octanol–water partition coefficient (Wildman–Crippen LogP) is 2.78. The third kappa shape index (κ3) is 4.46. The topological polar surface area (TPSA) is 41.6 Å². The van der Waals surface area contributed by atoms with Crippen molar-refractivity contribution < 1.29 is 9.53 Å². The van der Waals surface area contributed by atoms with Crippen LogP contribution in [-0.4, -0.2) is 37.6 Å². The molecule has 0 aliphatic rings. The fourth-order valence-electron chi connectivity index (χ4n) is 2.39. The molecule has 0 aliphatic carbocycles. The molecule has 0 heterocycles. The second-order valence-electron chi connectivity index (χ2n) is 5.84. The second kappa shape index (κ2) is 7.46. The minimum absolute atomic E-state index is 0.0719. The van der Waals surface area contributed by atoms with Crippen LogP contribution in [0, 0.1) is 0 Å². The number of amides is 1. The first kappa shape index (κ1) is 17.5. The van der Waals surface area contributed by atoms with Crippen molar-refractivity contribution >= 4 is 5.91 Å². The first-order chi connectivity index (χ1) is 9.85. The molecular formula is C17H28N2O2. The number of methoxy groups -OCH3 is 1. The molecule has 0 saturated heterocycles. The van der Waals surface area contributed by atoms with Crippen LogP contribution in [0.3, 0.4) is 0 Å². The van der Waals surface area contributed by atoms with E-state index in [-0.39, 0.29) is 11.9 Å². The number of carbonyl (C=O) groups excluding carboxylic acids is 1. The van der Waals surface area contributed by atoms with Gasteiger partial charge in [-0.2, -0.15) is 0 Å². The monoisotopic (exact) mass is 292 g/mol. The van der Waals surface area contributed by atoms with Gasteiger partial charge in [0.2, 0.25) is 5.91 Å². The quantitative estimate of drug-likeness (QED) is 0.840. The summed E-state index contributed by atoms with van der Waals surface area (Å²) in [5, 5.41) is 3.15. The molecule has 0 spiro atoms. The van der Waals surface area contributed by atoms with E-state index >= 15 is 0 Å². The van der Waals surface area contributed by atoms with Crippen molar-refractivity contribution in [2.24, 2.45) is 0 Å². The Morgan fingerprint density at radius 1 is 1.29 bits per heavy atom. The average molecular weight is 292 g/mol. The van der Waals surface area contributed by atoms with Crippen LogP contribution in [0.4, 0.5) is 0 Å².